The zero-order chi connectivity index (χ0) is 10.3. The Bertz CT molecular complexity index is 516. The normalized spacial score (nSPS) is 10.6. The number of carbonyl (C=O) groups is 1. The van der Waals surface area contributed by atoms with Crippen LogP contribution in [0.25, 0.3) is 5.65 Å². The number of hydrogen-bond acceptors (Lipinski definition) is 3. The van der Waals surface area contributed by atoms with Crippen LogP contribution in [0.3, 0.4) is 0 Å². The molecule has 2 rings (SSSR count). The van der Waals surface area contributed by atoms with Gasteiger partial charge in [-0.15, -0.1) is 0 Å². The van der Waals surface area contributed by atoms with Crippen molar-refractivity contribution in [2.45, 2.75) is 6.92 Å². The van der Waals surface area contributed by atoms with Gasteiger partial charge in [0.15, 0.2) is 5.69 Å². The van der Waals surface area contributed by atoms with E-state index in [-0.39, 0.29) is 5.69 Å². The first-order valence-electron chi connectivity index (χ1n) is 4.01. The van der Waals surface area contributed by atoms with E-state index < -0.39 is 11.8 Å². The van der Waals surface area contributed by atoms with Crippen molar-refractivity contribution in [2.75, 3.05) is 0 Å². The molecule has 0 spiro atoms. The van der Waals surface area contributed by atoms with Gasteiger partial charge >= 0.3 is 5.97 Å². The van der Waals surface area contributed by atoms with Crippen LogP contribution in [0.15, 0.2) is 18.2 Å². The number of aryl methyl sites for hydroxylation is 1. The summed E-state index contributed by atoms with van der Waals surface area (Å²) in [6, 6.07) is 5.14. The number of nitrogens with zero attached hydrogens (tertiary/aromatic N) is 2. The van der Waals surface area contributed by atoms with E-state index >= 15 is 0 Å². The number of pyridine rings is 1. The van der Waals surface area contributed by atoms with E-state index in [4.69, 9.17) is 5.11 Å². The topological polar surface area (TPSA) is 74.8 Å². The summed E-state index contributed by atoms with van der Waals surface area (Å²) in [4.78, 5) is 14.6. The van der Waals surface area contributed by atoms with Crippen molar-refractivity contribution in [3.05, 3.63) is 29.6 Å². The van der Waals surface area contributed by atoms with Crippen molar-refractivity contribution in [1.29, 1.82) is 0 Å². The van der Waals surface area contributed by atoms with Crippen molar-refractivity contribution in [3.8, 4) is 5.88 Å². The molecule has 0 aliphatic carbocycles. The lowest BCUT2D eigenvalue weighted by molar-refractivity contribution is 0.0685. The van der Waals surface area contributed by atoms with Crippen LogP contribution in [0.4, 0.5) is 0 Å². The Labute approximate surface area is 79.2 Å². The van der Waals surface area contributed by atoms with Gasteiger partial charge < -0.3 is 10.2 Å². The Morgan fingerprint density at radius 1 is 1.50 bits per heavy atom. The Morgan fingerprint density at radius 3 is 2.86 bits per heavy atom. The molecule has 0 fully saturated rings. The minimum Gasteiger partial charge on any atom is -0.492 e. The van der Waals surface area contributed by atoms with Gasteiger partial charge in [0, 0.05) is 5.69 Å². The van der Waals surface area contributed by atoms with Crippen LogP contribution in [-0.2, 0) is 0 Å². The smallest absolute Gasteiger partial charge is 0.358 e. The molecule has 0 saturated heterocycles. The number of aromatic hydroxyl groups is 1. The fourth-order valence-electron chi connectivity index (χ4n) is 1.43. The van der Waals surface area contributed by atoms with Gasteiger partial charge in [-0.1, -0.05) is 6.07 Å². The van der Waals surface area contributed by atoms with E-state index in [1.807, 2.05) is 0 Å². The summed E-state index contributed by atoms with van der Waals surface area (Å²) in [7, 11) is 0. The monoisotopic (exact) mass is 192 g/mol. The highest BCUT2D eigenvalue weighted by Crippen LogP contribution is 2.19. The molecule has 0 atom stereocenters. The number of hydrogen-bond donors (Lipinski definition) is 2. The van der Waals surface area contributed by atoms with E-state index in [9.17, 15) is 9.90 Å². The van der Waals surface area contributed by atoms with Crippen LogP contribution in [0, 0.1) is 6.92 Å². The summed E-state index contributed by atoms with van der Waals surface area (Å²) >= 11 is 0. The molecular formula is C9H8N2O3. The fourth-order valence-corrected chi connectivity index (χ4v) is 1.43. The predicted octanol–water partition coefficient (Wildman–Crippen LogP) is 1.05. The van der Waals surface area contributed by atoms with Crippen molar-refractivity contribution in [2.24, 2.45) is 0 Å². The lowest BCUT2D eigenvalue weighted by Crippen LogP contribution is -2.03. The molecule has 72 valence electrons. The molecule has 0 aromatic carbocycles. The van der Waals surface area contributed by atoms with Crippen molar-refractivity contribution < 1.29 is 15.0 Å². The summed E-state index contributed by atoms with van der Waals surface area (Å²) in [5, 5.41) is 18.2. The lowest BCUT2D eigenvalue weighted by Gasteiger charge is -2.00. The van der Waals surface area contributed by atoms with Crippen molar-refractivity contribution >= 4 is 11.6 Å². The number of carboxylic acid groups (broad SMARTS) is 1. The summed E-state index contributed by atoms with van der Waals surface area (Å²) in [5.74, 6) is -1.64. The predicted molar refractivity (Wildman–Crippen MR) is 48.6 cm³/mol. The first-order valence-corrected chi connectivity index (χ1v) is 4.01. The van der Waals surface area contributed by atoms with Crippen LogP contribution >= 0.6 is 0 Å². The van der Waals surface area contributed by atoms with Crippen LogP contribution in [0.1, 0.15) is 16.2 Å². The number of imidazole rings is 1. The third kappa shape index (κ3) is 1.02. The summed E-state index contributed by atoms with van der Waals surface area (Å²) in [6.07, 6.45) is 0. The second-order valence-electron chi connectivity index (χ2n) is 2.95. The van der Waals surface area contributed by atoms with E-state index in [0.29, 0.717) is 11.3 Å². The van der Waals surface area contributed by atoms with Crippen LogP contribution in [0.5, 0.6) is 5.88 Å². The SMILES string of the molecule is Cc1cccc2nc(O)c(C(=O)O)n12. The van der Waals surface area contributed by atoms with Crippen molar-refractivity contribution in [1.82, 2.24) is 9.38 Å². The highest BCUT2D eigenvalue weighted by Gasteiger charge is 2.18. The second kappa shape index (κ2) is 2.73. The molecule has 2 aromatic heterocycles. The molecule has 0 amide bonds. The fraction of sp³-hybridized carbons (Fsp3) is 0.111. The standard InChI is InChI=1S/C9H8N2O3/c1-5-3-2-4-6-10-8(12)7(9(13)14)11(5)6/h2-4,12H,1H3,(H,13,14). The van der Waals surface area contributed by atoms with Gasteiger partial charge in [-0.3, -0.25) is 4.40 Å². The summed E-state index contributed by atoms with van der Waals surface area (Å²) in [5.41, 5.74) is 0.950. The zero-order valence-corrected chi connectivity index (χ0v) is 7.43. The van der Waals surface area contributed by atoms with Crippen LogP contribution in [-0.4, -0.2) is 25.6 Å². The maximum Gasteiger partial charge on any atom is 0.358 e. The second-order valence-corrected chi connectivity index (χ2v) is 2.95. The quantitative estimate of drug-likeness (QED) is 0.708. The lowest BCUT2D eigenvalue weighted by atomic mass is 10.3. The van der Waals surface area contributed by atoms with Crippen LogP contribution in [0.2, 0.25) is 0 Å². The molecule has 0 aliphatic heterocycles. The molecule has 2 aromatic rings. The molecule has 0 aliphatic rings. The Morgan fingerprint density at radius 2 is 2.21 bits per heavy atom. The molecule has 2 heterocycles. The number of carboxylic acids is 1. The molecule has 0 radical (unpaired) electrons. The van der Waals surface area contributed by atoms with E-state index in [1.165, 1.54) is 4.40 Å². The average molecular weight is 192 g/mol. The minimum atomic E-state index is -1.19. The van der Waals surface area contributed by atoms with E-state index in [2.05, 4.69) is 4.98 Å². The van der Waals surface area contributed by atoms with Gasteiger partial charge in [-0.2, -0.15) is 4.98 Å². The average Bonchev–Trinajstić information content (AvgIpc) is 2.42. The molecule has 0 bridgehead atoms. The maximum absolute atomic E-state index is 10.8. The van der Waals surface area contributed by atoms with Gasteiger partial charge in [-0.25, -0.2) is 4.79 Å². The van der Waals surface area contributed by atoms with Gasteiger partial charge in [0.25, 0.3) is 0 Å². The third-order valence-corrected chi connectivity index (χ3v) is 2.02. The number of fused-ring (bicyclic) bond motifs is 1. The minimum absolute atomic E-state index is 0.196. The summed E-state index contributed by atoms with van der Waals surface area (Å²) in [6.45, 7) is 1.75. The number of aromatic carboxylic acids is 1. The van der Waals surface area contributed by atoms with E-state index in [1.54, 1.807) is 25.1 Å². The van der Waals surface area contributed by atoms with Crippen molar-refractivity contribution in [3.63, 3.8) is 0 Å². The molecule has 2 N–H and O–H groups in total. The Balaban J connectivity index is 2.93. The molecule has 14 heavy (non-hydrogen) atoms. The first-order chi connectivity index (χ1) is 6.61. The Hall–Kier alpha value is -2.04. The number of aromatic nitrogens is 2. The van der Waals surface area contributed by atoms with E-state index in [0.717, 1.165) is 0 Å². The van der Waals surface area contributed by atoms with Gasteiger partial charge in [0.05, 0.1) is 0 Å². The van der Waals surface area contributed by atoms with Gasteiger partial charge in [0.1, 0.15) is 5.65 Å². The third-order valence-electron chi connectivity index (χ3n) is 2.02. The number of rotatable bonds is 1. The van der Waals surface area contributed by atoms with Crippen LogP contribution < -0.4 is 0 Å². The first kappa shape index (κ1) is 8.55. The molecule has 5 heteroatoms. The van der Waals surface area contributed by atoms with Gasteiger partial charge in [-0.05, 0) is 19.1 Å². The molecular weight excluding hydrogens is 184 g/mol. The Kier molecular flexibility index (Phi) is 1.67. The van der Waals surface area contributed by atoms with Gasteiger partial charge in [0.2, 0.25) is 5.88 Å². The summed E-state index contributed by atoms with van der Waals surface area (Å²) < 4.78 is 1.40. The maximum atomic E-state index is 10.8. The highest BCUT2D eigenvalue weighted by molar-refractivity contribution is 5.89. The molecule has 5 nitrogen and oxygen atoms in total. The zero-order valence-electron chi connectivity index (χ0n) is 7.43. The molecule has 0 unspecified atom stereocenters. The highest BCUT2D eigenvalue weighted by atomic mass is 16.4. The molecule has 0 saturated carbocycles. The largest absolute Gasteiger partial charge is 0.492 e.